The third-order valence-corrected chi connectivity index (χ3v) is 5.23. The van der Waals surface area contributed by atoms with Crippen LogP contribution < -0.4 is 0 Å². The quantitative estimate of drug-likeness (QED) is 0.297. The van der Waals surface area contributed by atoms with Crippen molar-refractivity contribution < 1.29 is 38.8 Å². The van der Waals surface area contributed by atoms with Gasteiger partial charge in [-0.2, -0.15) is 0 Å². The normalized spacial score (nSPS) is 30.9. The fourth-order valence-corrected chi connectivity index (χ4v) is 3.48. The second-order valence-corrected chi connectivity index (χ2v) is 7.25. The maximum Gasteiger partial charge on any atom is 0.334 e. The SMILES string of the molecule is C=C1C(=O)O[C@@H]2/C=C(/CO)CC/C=C(/CO)[C@H](OC(C)=O)[C@@H](OC(=O)/C(C)=C\C)[C@@H]12. The van der Waals surface area contributed by atoms with Crippen molar-refractivity contribution in [2.24, 2.45) is 5.92 Å². The number of aliphatic hydroxyl groups excluding tert-OH is 2. The minimum absolute atomic E-state index is 0.0551. The number of carbonyl (C=O) groups is 3. The Labute approximate surface area is 175 Å². The van der Waals surface area contributed by atoms with E-state index in [1.807, 2.05) is 0 Å². The van der Waals surface area contributed by atoms with Crippen LogP contribution >= 0.6 is 0 Å². The summed E-state index contributed by atoms with van der Waals surface area (Å²) in [4.78, 5) is 36.7. The van der Waals surface area contributed by atoms with E-state index in [-0.39, 0.29) is 12.2 Å². The van der Waals surface area contributed by atoms with Gasteiger partial charge in [0, 0.05) is 18.1 Å². The summed E-state index contributed by atoms with van der Waals surface area (Å²) in [6.45, 7) is 7.54. The number of ether oxygens (including phenoxy) is 3. The Bertz CT molecular complexity index is 804. The monoisotopic (exact) mass is 420 g/mol. The van der Waals surface area contributed by atoms with E-state index < -0.39 is 48.7 Å². The number of rotatable bonds is 5. The Morgan fingerprint density at radius 3 is 2.53 bits per heavy atom. The Hall–Kier alpha value is -2.71. The lowest BCUT2D eigenvalue weighted by Gasteiger charge is -2.33. The zero-order valence-corrected chi connectivity index (χ0v) is 17.4. The summed E-state index contributed by atoms with van der Waals surface area (Å²) in [5, 5.41) is 19.6. The van der Waals surface area contributed by atoms with Gasteiger partial charge in [0.25, 0.3) is 0 Å². The molecule has 30 heavy (non-hydrogen) atoms. The molecule has 2 rings (SSSR count). The predicted molar refractivity (Wildman–Crippen MR) is 107 cm³/mol. The summed E-state index contributed by atoms with van der Waals surface area (Å²) >= 11 is 0. The van der Waals surface area contributed by atoms with E-state index >= 15 is 0 Å². The lowest BCUT2D eigenvalue weighted by Crippen LogP contribution is -2.45. The highest BCUT2D eigenvalue weighted by Crippen LogP contribution is 2.37. The molecule has 1 fully saturated rings. The smallest absolute Gasteiger partial charge is 0.334 e. The first-order chi connectivity index (χ1) is 14.2. The molecule has 0 aromatic carbocycles. The molecule has 8 nitrogen and oxygen atoms in total. The molecule has 8 heteroatoms. The minimum atomic E-state index is -1.17. The predicted octanol–water partition coefficient (Wildman–Crippen LogP) is 1.53. The Morgan fingerprint density at radius 1 is 1.27 bits per heavy atom. The summed E-state index contributed by atoms with van der Waals surface area (Å²) < 4.78 is 16.6. The number of esters is 3. The third kappa shape index (κ3) is 5.25. The molecule has 0 unspecified atom stereocenters. The Morgan fingerprint density at radius 2 is 1.97 bits per heavy atom. The number of allylic oxidation sites excluding steroid dienone is 2. The lowest BCUT2D eigenvalue weighted by atomic mass is 9.83. The fourth-order valence-electron chi connectivity index (χ4n) is 3.48. The highest BCUT2D eigenvalue weighted by atomic mass is 16.6. The van der Waals surface area contributed by atoms with Crippen molar-refractivity contribution in [2.45, 2.75) is 51.9 Å². The van der Waals surface area contributed by atoms with Crippen molar-refractivity contribution in [1.82, 2.24) is 0 Å². The molecule has 0 spiro atoms. The molecule has 0 saturated carbocycles. The average molecular weight is 420 g/mol. The van der Waals surface area contributed by atoms with Gasteiger partial charge in [-0.3, -0.25) is 4.79 Å². The van der Waals surface area contributed by atoms with Crippen LogP contribution in [-0.2, 0) is 28.6 Å². The summed E-state index contributed by atoms with van der Waals surface area (Å²) in [7, 11) is 0. The molecule has 1 saturated heterocycles. The molecule has 0 aromatic rings. The molecule has 1 aliphatic heterocycles. The summed E-state index contributed by atoms with van der Waals surface area (Å²) in [5.41, 5.74) is 1.33. The van der Waals surface area contributed by atoms with Crippen LogP contribution in [0.25, 0.3) is 0 Å². The molecular weight excluding hydrogens is 392 g/mol. The van der Waals surface area contributed by atoms with Crippen LogP contribution in [0.2, 0.25) is 0 Å². The van der Waals surface area contributed by atoms with Crippen molar-refractivity contribution in [3.8, 4) is 0 Å². The minimum Gasteiger partial charge on any atom is -0.454 e. The maximum absolute atomic E-state index is 12.6. The fraction of sp³-hybridized carbons (Fsp3) is 0.500. The molecule has 4 atom stereocenters. The molecular formula is C22H28O8. The lowest BCUT2D eigenvalue weighted by molar-refractivity contribution is -0.166. The summed E-state index contributed by atoms with van der Waals surface area (Å²) in [5.74, 6) is -2.84. The van der Waals surface area contributed by atoms with E-state index in [1.54, 1.807) is 32.1 Å². The van der Waals surface area contributed by atoms with Gasteiger partial charge in [-0.15, -0.1) is 0 Å². The van der Waals surface area contributed by atoms with E-state index in [2.05, 4.69) is 6.58 Å². The van der Waals surface area contributed by atoms with Crippen LogP contribution in [-0.4, -0.2) is 59.6 Å². The van der Waals surface area contributed by atoms with Gasteiger partial charge < -0.3 is 24.4 Å². The van der Waals surface area contributed by atoms with Crippen molar-refractivity contribution >= 4 is 17.9 Å². The third-order valence-electron chi connectivity index (χ3n) is 5.23. The number of hydrogen-bond donors (Lipinski definition) is 2. The first-order valence-corrected chi connectivity index (χ1v) is 9.74. The number of aliphatic hydroxyl groups is 2. The van der Waals surface area contributed by atoms with Crippen LogP contribution in [0.15, 0.2) is 47.1 Å². The summed E-state index contributed by atoms with van der Waals surface area (Å²) in [6, 6.07) is 0. The van der Waals surface area contributed by atoms with E-state index in [0.717, 1.165) is 0 Å². The van der Waals surface area contributed by atoms with Gasteiger partial charge in [-0.1, -0.05) is 18.7 Å². The molecule has 1 heterocycles. The largest absolute Gasteiger partial charge is 0.454 e. The molecule has 2 aliphatic rings. The first-order valence-electron chi connectivity index (χ1n) is 9.74. The maximum atomic E-state index is 12.6. The van der Waals surface area contributed by atoms with Crippen molar-refractivity contribution in [3.05, 3.63) is 47.1 Å². The molecule has 0 aromatic heterocycles. The molecule has 0 amide bonds. The Kier molecular flexibility index (Phi) is 8.14. The number of hydrogen-bond acceptors (Lipinski definition) is 8. The van der Waals surface area contributed by atoms with Gasteiger partial charge in [0.1, 0.15) is 6.10 Å². The van der Waals surface area contributed by atoms with Crippen LogP contribution in [0.1, 0.15) is 33.6 Å². The van der Waals surface area contributed by atoms with Crippen molar-refractivity contribution in [2.75, 3.05) is 13.2 Å². The van der Waals surface area contributed by atoms with Gasteiger partial charge in [0.15, 0.2) is 12.2 Å². The molecule has 0 bridgehead atoms. The van der Waals surface area contributed by atoms with Gasteiger partial charge in [-0.05, 0) is 43.9 Å². The topological polar surface area (TPSA) is 119 Å². The Balaban J connectivity index is 2.64. The molecule has 1 aliphatic carbocycles. The van der Waals surface area contributed by atoms with Crippen LogP contribution in [0, 0.1) is 5.92 Å². The van der Waals surface area contributed by atoms with Crippen molar-refractivity contribution in [3.63, 3.8) is 0 Å². The zero-order chi connectivity index (χ0) is 22.4. The summed E-state index contributed by atoms with van der Waals surface area (Å²) in [6.07, 6.45) is 2.57. The average Bonchev–Trinajstić information content (AvgIpc) is 2.99. The van der Waals surface area contributed by atoms with Crippen molar-refractivity contribution in [1.29, 1.82) is 0 Å². The molecule has 2 N–H and O–H groups in total. The van der Waals surface area contributed by atoms with Gasteiger partial charge in [-0.25, -0.2) is 9.59 Å². The van der Waals surface area contributed by atoms with E-state index in [4.69, 9.17) is 14.2 Å². The van der Waals surface area contributed by atoms with Gasteiger partial charge in [0.05, 0.1) is 19.1 Å². The highest BCUT2D eigenvalue weighted by molar-refractivity contribution is 5.92. The second-order valence-electron chi connectivity index (χ2n) is 7.25. The molecule has 164 valence electrons. The van der Waals surface area contributed by atoms with Crippen LogP contribution in [0.5, 0.6) is 0 Å². The molecule has 0 radical (unpaired) electrons. The van der Waals surface area contributed by atoms with E-state index in [9.17, 15) is 24.6 Å². The van der Waals surface area contributed by atoms with Gasteiger partial charge >= 0.3 is 17.9 Å². The van der Waals surface area contributed by atoms with E-state index in [1.165, 1.54) is 6.92 Å². The highest BCUT2D eigenvalue weighted by Gasteiger charge is 2.49. The first kappa shape index (κ1) is 23.6. The number of fused-ring (bicyclic) bond motifs is 1. The van der Waals surface area contributed by atoms with Crippen LogP contribution in [0.3, 0.4) is 0 Å². The zero-order valence-electron chi connectivity index (χ0n) is 17.4. The van der Waals surface area contributed by atoms with Crippen LogP contribution in [0.4, 0.5) is 0 Å². The van der Waals surface area contributed by atoms with E-state index in [0.29, 0.717) is 29.6 Å². The second kappa shape index (κ2) is 10.4. The number of carbonyl (C=O) groups excluding carboxylic acids is 3. The van der Waals surface area contributed by atoms with Gasteiger partial charge in [0.2, 0.25) is 0 Å². The standard InChI is InChI=1S/C22H28O8/c1-5-12(2)21(26)30-20-18-13(3)22(27)29-17(18)9-15(10-23)7-6-8-16(11-24)19(20)28-14(4)25/h5,8-9,17-20,23-24H,3,6-7,10-11H2,1-2,4H3/b12-5-,15-9+,16-8-/t17-,18+,19+,20+/m1/s1.